The molecule has 3 rings (SSSR count). The molecule has 2 saturated carbocycles. The summed E-state index contributed by atoms with van der Waals surface area (Å²) in [7, 11) is 2.02. The Bertz CT molecular complexity index is 406. The summed E-state index contributed by atoms with van der Waals surface area (Å²) in [6.07, 6.45) is 11.7. The first-order chi connectivity index (χ1) is 9.85. The predicted molar refractivity (Wildman–Crippen MR) is 79.6 cm³/mol. The molecule has 0 spiro atoms. The van der Waals surface area contributed by atoms with Gasteiger partial charge in [0.1, 0.15) is 0 Å². The molecular formula is C16H27N3O. The summed E-state index contributed by atoms with van der Waals surface area (Å²) >= 11 is 0. The van der Waals surface area contributed by atoms with Crippen molar-refractivity contribution in [3.8, 4) is 0 Å². The summed E-state index contributed by atoms with van der Waals surface area (Å²) in [5.41, 5.74) is 1.09. The molecule has 1 N–H and O–H groups in total. The summed E-state index contributed by atoms with van der Waals surface area (Å²) < 4.78 is 8.11. The van der Waals surface area contributed by atoms with Crippen LogP contribution in [0.15, 0.2) is 12.3 Å². The minimum atomic E-state index is 0.452. The van der Waals surface area contributed by atoms with Crippen LogP contribution in [0.25, 0.3) is 0 Å². The second-order valence-electron chi connectivity index (χ2n) is 6.41. The predicted octanol–water partition coefficient (Wildman–Crippen LogP) is 2.90. The van der Waals surface area contributed by atoms with Crippen LogP contribution in [0, 0.1) is 5.92 Å². The molecule has 20 heavy (non-hydrogen) atoms. The topological polar surface area (TPSA) is 39.1 Å². The maximum atomic E-state index is 5.94. The van der Waals surface area contributed by atoms with Crippen molar-refractivity contribution >= 4 is 0 Å². The highest BCUT2D eigenvalue weighted by Gasteiger charge is 2.29. The summed E-state index contributed by atoms with van der Waals surface area (Å²) in [5, 5.41) is 7.93. The van der Waals surface area contributed by atoms with Crippen molar-refractivity contribution < 1.29 is 4.74 Å². The Morgan fingerprint density at radius 3 is 2.85 bits per heavy atom. The number of nitrogens with zero attached hydrogens (tertiary/aromatic N) is 2. The van der Waals surface area contributed by atoms with Gasteiger partial charge < -0.3 is 10.1 Å². The molecule has 4 nitrogen and oxygen atoms in total. The lowest BCUT2D eigenvalue weighted by Gasteiger charge is -2.34. The van der Waals surface area contributed by atoms with Crippen molar-refractivity contribution in [1.82, 2.24) is 15.1 Å². The number of hydrogen-bond acceptors (Lipinski definition) is 3. The van der Waals surface area contributed by atoms with E-state index in [0.29, 0.717) is 18.8 Å². The molecule has 0 radical (unpaired) electrons. The van der Waals surface area contributed by atoms with Gasteiger partial charge in [0.25, 0.3) is 0 Å². The van der Waals surface area contributed by atoms with E-state index in [9.17, 15) is 0 Å². The molecule has 1 aromatic rings. The zero-order valence-corrected chi connectivity index (χ0v) is 12.6. The van der Waals surface area contributed by atoms with Gasteiger partial charge in [-0.3, -0.25) is 4.68 Å². The normalized spacial score (nSPS) is 27.4. The van der Waals surface area contributed by atoms with Crippen molar-refractivity contribution in [3.05, 3.63) is 18.0 Å². The molecule has 1 aromatic heterocycles. The molecule has 0 unspecified atom stereocenters. The third kappa shape index (κ3) is 3.41. The van der Waals surface area contributed by atoms with E-state index in [1.54, 1.807) is 0 Å². The van der Waals surface area contributed by atoms with Gasteiger partial charge in [0, 0.05) is 6.20 Å². The Kier molecular flexibility index (Phi) is 4.73. The van der Waals surface area contributed by atoms with E-state index in [0.717, 1.165) is 18.2 Å². The summed E-state index contributed by atoms with van der Waals surface area (Å²) in [5.74, 6) is 0.810. The van der Waals surface area contributed by atoms with Gasteiger partial charge >= 0.3 is 0 Å². The maximum absolute atomic E-state index is 5.94. The monoisotopic (exact) mass is 277 g/mol. The van der Waals surface area contributed by atoms with E-state index in [1.807, 2.05) is 7.05 Å². The molecular weight excluding hydrogens is 250 g/mol. The van der Waals surface area contributed by atoms with Crippen LogP contribution in [-0.2, 0) is 11.3 Å². The van der Waals surface area contributed by atoms with Crippen LogP contribution < -0.4 is 5.32 Å². The Hall–Kier alpha value is -0.870. The summed E-state index contributed by atoms with van der Waals surface area (Å²) in [6.45, 7) is 1.80. The van der Waals surface area contributed by atoms with E-state index < -0.39 is 0 Å². The molecule has 4 heteroatoms. The van der Waals surface area contributed by atoms with Gasteiger partial charge in [-0.1, -0.05) is 19.3 Å². The highest BCUT2D eigenvalue weighted by molar-refractivity contribution is 4.99. The third-order valence-corrected chi connectivity index (χ3v) is 4.76. The van der Waals surface area contributed by atoms with Crippen molar-refractivity contribution in [3.63, 3.8) is 0 Å². The van der Waals surface area contributed by atoms with Gasteiger partial charge in [0.15, 0.2) is 0 Å². The van der Waals surface area contributed by atoms with Gasteiger partial charge in [-0.15, -0.1) is 0 Å². The Labute approximate surface area is 121 Å². The van der Waals surface area contributed by atoms with Crippen LogP contribution >= 0.6 is 0 Å². The van der Waals surface area contributed by atoms with E-state index in [2.05, 4.69) is 22.3 Å². The van der Waals surface area contributed by atoms with Gasteiger partial charge in [-0.05, 0) is 51.3 Å². The Balaban J connectivity index is 1.41. The molecule has 1 heterocycles. The van der Waals surface area contributed by atoms with Gasteiger partial charge in [-0.25, -0.2) is 0 Å². The van der Waals surface area contributed by atoms with E-state index in [1.165, 1.54) is 44.9 Å². The zero-order chi connectivity index (χ0) is 13.8. The largest absolute Gasteiger partial charge is 0.372 e. The van der Waals surface area contributed by atoms with Crippen molar-refractivity contribution in [2.45, 2.75) is 63.7 Å². The summed E-state index contributed by atoms with van der Waals surface area (Å²) in [6, 6.07) is 2.75. The minimum Gasteiger partial charge on any atom is -0.372 e. The van der Waals surface area contributed by atoms with Gasteiger partial charge in [-0.2, -0.15) is 5.10 Å². The maximum Gasteiger partial charge on any atom is 0.0910 e. The highest BCUT2D eigenvalue weighted by Crippen LogP contribution is 2.30. The number of rotatable bonds is 6. The van der Waals surface area contributed by atoms with Crippen LogP contribution in [-0.4, -0.2) is 29.5 Å². The van der Waals surface area contributed by atoms with Crippen LogP contribution in [0.4, 0.5) is 0 Å². The van der Waals surface area contributed by atoms with Crippen LogP contribution in [0.3, 0.4) is 0 Å². The lowest BCUT2D eigenvalue weighted by Crippen LogP contribution is -2.36. The number of nitrogens with one attached hydrogen (secondary N) is 1. The average Bonchev–Trinajstić information content (AvgIpc) is 2.91. The fraction of sp³-hybridized carbons (Fsp3) is 0.812. The van der Waals surface area contributed by atoms with Gasteiger partial charge in [0.2, 0.25) is 0 Å². The fourth-order valence-electron chi connectivity index (χ4n) is 3.47. The first-order valence-corrected chi connectivity index (χ1v) is 8.15. The Morgan fingerprint density at radius 2 is 2.10 bits per heavy atom. The summed E-state index contributed by atoms with van der Waals surface area (Å²) in [4.78, 5) is 0. The first-order valence-electron chi connectivity index (χ1n) is 8.15. The molecule has 0 aromatic carbocycles. The highest BCUT2D eigenvalue weighted by atomic mass is 16.5. The molecule has 2 aliphatic carbocycles. The fourth-order valence-corrected chi connectivity index (χ4v) is 3.47. The van der Waals surface area contributed by atoms with E-state index in [-0.39, 0.29) is 0 Å². The van der Waals surface area contributed by atoms with Crippen molar-refractivity contribution in [2.24, 2.45) is 5.92 Å². The Morgan fingerprint density at radius 1 is 1.30 bits per heavy atom. The van der Waals surface area contributed by atoms with Crippen LogP contribution in [0.1, 0.15) is 56.7 Å². The minimum absolute atomic E-state index is 0.452. The van der Waals surface area contributed by atoms with Gasteiger partial charge in [0.05, 0.1) is 24.4 Å². The molecule has 0 atom stereocenters. The molecule has 0 bridgehead atoms. The van der Waals surface area contributed by atoms with Crippen LogP contribution in [0.5, 0.6) is 0 Å². The molecule has 0 aliphatic heterocycles. The third-order valence-electron chi connectivity index (χ3n) is 4.76. The lowest BCUT2D eigenvalue weighted by molar-refractivity contribution is -0.0404. The van der Waals surface area contributed by atoms with Crippen molar-refractivity contribution in [1.29, 1.82) is 0 Å². The quantitative estimate of drug-likeness (QED) is 0.869. The molecule has 0 amide bonds. The van der Waals surface area contributed by atoms with E-state index in [4.69, 9.17) is 9.84 Å². The van der Waals surface area contributed by atoms with Crippen LogP contribution in [0.2, 0.25) is 0 Å². The molecule has 0 saturated heterocycles. The standard InChI is InChI=1S/C16H27N3O/c1-17-11-13-9-16(10-13)20-12-14-7-8-19(18-14)15-5-3-2-4-6-15/h7-8,13,15-17H,2-6,9-12H2,1H3. The second kappa shape index (κ2) is 6.72. The first kappa shape index (κ1) is 14.1. The number of ether oxygens (including phenoxy) is 1. The van der Waals surface area contributed by atoms with Crippen molar-refractivity contribution in [2.75, 3.05) is 13.6 Å². The molecule has 2 fully saturated rings. The lowest BCUT2D eigenvalue weighted by atomic mass is 9.82. The average molecular weight is 277 g/mol. The number of hydrogen-bond donors (Lipinski definition) is 1. The second-order valence-corrected chi connectivity index (χ2v) is 6.41. The SMILES string of the molecule is CNCC1CC(OCc2ccn(C3CCCCC3)n2)C1. The molecule has 112 valence electrons. The molecule has 2 aliphatic rings. The number of aromatic nitrogens is 2. The van der Waals surface area contributed by atoms with E-state index >= 15 is 0 Å². The zero-order valence-electron chi connectivity index (χ0n) is 12.6. The smallest absolute Gasteiger partial charge is 0.0910 e.